The highest BCUT2D eigenvalue weighted by Gasteiger charge is 2.10. The van der Waals surface area contributed by atoms with Gasteiger partial charge in [-0.3, -0.25) is 4.79 Å². The molecular formula is C18H20N2O3. The first-order chi connectivity index (χ1) is 11.2. The van der Waals surface area contributed by atoms with Crippen molar-refractivity contribution in [2.75, 3.05) is 14.2 Å². The number of rotatable bonds is 6. The highest BCUT2D eigenvalue weighted by atomic mass is 16.5. The molecule has 0 heterocycles. The van der Waals surface area contributed by atoms with E-state index in [1.54, 1.807) is 25.3 Å². The van der Waals surface area contributed by atoms with Gasteiger partial charge in [0.05, 0.1) is 19.9 Å². The Balaban J connectivity index is 2.17. The third kappa shape index (κ3) is 4.10. The Bertz CT molecular complexity index is 697. The topological polar surface area (TPSA) is 59.9 Å². The van der Waals surface area contributed by atoms with Crippen molar-refractivity contribution in [3.8, 4) is 11.5 Å². The Hall–Kier alpha value is -2.82. The van der Waals surface area contributed by atoms with Gasteiger partial charge in [0.25, 0.3) is 5.91 Å². The van der Waals surface area contributed by atoms with E-state index < -0.39 is 0 Å². The predicted octanol–water partition coefficient (Wildman–Crippen LogP) is 3.25. The average molecular weight is 312 g/mol. The average Bonchev–Trinajstić information content (AvgIpc) is 2.62. The van der Waals surface area contributed by atoms with Gasteiger partial charge in [0.1, 0.15) is 0 Å². The summed E-state index contributed by atoms with van der Waals surface area (Å²) in [6, 6.07) is 14.7. The van der Waals surface area contributed by atoms with Crippen molar-refractivity contribution in [2.24, 2.45) is 5.10 Å². The molecule has 0 aliphatic rings. The van der Waals surface area contributed by atoms with Crippen LogP contribution in [0.2, 0.25) is 0 Å². The molecule has 0 unspecified atom stereocenters. The number of methoxy groups -OCH3 is 2. The van der Waals surface area contributed by atoms with Crippen LogP contribution in [-0.2, 0) is 0 Å². The van der Waals surface area contributed by atoms with Crippen molar-refractivity contribution < 1.29 is 14.3 Å². The SMILES string of the molecule is CC/C(=N\NC(=O)c1ccc(OC)c(OC)c1)c1ccccc1. The second-order valence-corrected chi connectivity index (χ2v) is 4.79. The third-order valence-corrected chi connectivity index (χ3v) is 3.38. The predicted molar refractivity (Wildman–Crippen MR) is 90.3 cm³/mol. The van der Waals surface area contributed by atoms with Crippen LogP contribution in [0.3, 0.4) is 0 Å². The molecule has 0 spiro atoms. The summed E-state index contributed by atoms with van der Waals surface area (Å²) in [6.07, 6.45) is 0.718. The standard InChI is InChI=1S/C18H20N2O3/c1-4-15(13-8-6-5-7-9-13)19-20-18(21)14-10-11-16(22-2)17(12-14)23-3/h5-12H,4H2,1-3H3,(H,20,21)/b19-15+. The van der Waals surface area contributed by atoms with Crippen molar-refractivity contribution in [3.05, 3.63) is 59.7 Å². The molecule has 0 saturated heterocycles. The Kier molecular flexibility index (Phi) is 5.74. The number of carbonyl (C=O) groups is 1. The van der Waals surface area contributed by atoms with Gasteiger partial charge in [0.15, 0.2) is 11.5 Å². The maximum absolute atomic E-state index is 12.2. The van der Waals surface area contributed by atoms with Crippen molar-refractivity contribution in [1.82, 2.24) is 5.43 Å². The van der Waals surface area contributed by atoms with Gasteiger partial charge >= 0.3 is 0 Å². The summed E-state index contributed by atoms with van der Waals surface area (Å²) in [5, 5.41) is 4.23. The number of ether oxygens (including phenoxy) is 2. The summed E-state index contributed by atoms with van der Waals surface area (Å²) in [7, 11) is 3.08. The number of amides is 1. The minimum absolute atomic E-state index is 0.298. The van der Waals surface area contributed by atoms with E-state index in [0.717, 1.165) is 17.7 Å². The van der Waals surface area contributed by atoms with E-state index in [9.17, 15) is 4.79 Å². The molecule has 120 valence electrons. The van der Waals surface area contributed by atoms with Crippen LogP contribution in [0.1, 0.15) is 29.3 Å². The first-order valence-electron chi connectivity index (χ1n) is 7.34. The monoisotopic (exact) mass is 312 g/mol. The van der Waals surface area contributed by atoms with Crippen LogP contribution in [-0.4, -0.2) is 25.8 Å². The van der Waals surface area contributed by atoms with E-state index in [-0.39, 0.29) is 5.91 Å². The van der Waals surface area contributed by atoms with Crippen molar-refractivity contribution in [2.45, 2.75) is 13.3 Å². The van der Waals surface area contributed by atoms with Gasteiger partial charge in [-0.2, -0.15) is 5.10 Å². The summed E-state index contributed by atoms with van der Waals surface area (Å²) < 4.78 is 10.4. The normalized spacial score (nSPS) is 11.0. The van der Waals surface area contributed by atoms with Gasteiger partial charge in [-0.1, -0.05) is 37.3 Å². The van der Waals surface area contributed by atoms with E-state index in [1.165, 1.54) is 7.11 Å². The lowest BCUT2D eigenvalue weighted by Gasteiger charge is -2.09. The third-order valence-electron chi connectivity index (χ3n) is 3.38. The van der Waals surface area contributed by atoms with Crippen LogP contribution in [0, 0.1) is 0 Å². The van der Waals surface area contributed by atoms with Crippen molar-refractivity contribution in [1.29, 1.82) is 0 Å². The molecule has 2 aromatic carbocycles. The molecule has 1 N–H and O–H groups in total. The summed E-state index contributed by atoms with van der Waals surface area (Å²) >= 11 is 0. The fourth-order valence-corrected chi connectivity index (χ4v) is 2.14. The molecule has 0 saturated carbocycles. The smallest absolute Gasteiger partial charge is 0.271 e. The molecule has 0 radical (unpaired) electrons. The fourth-order valence-electron chi connectivity index (χ4n) is 2.14. The minimum Gasteiger partial charge on any atom is -0.493 e. The van der Waals surface area contributed by atoms with E-state index in [1.807, 2.05) is 37.3 Å². The maximum Gasteiger partial charge on any atom is 0.271 e. The lowest BCUT2D eigenvalue weighted by atomic mass is 10.1. The van der Waals surface area contributed by atoms with Crippen molar-refractivity contribution >= 4 is 11.6 Å². The number of nitrogens with one attached hydrogen (secondary N) is 1. The van der Waals surface area contributed by atoms with Gasteiger partial charge < -0.3 is 9.47 Å². The minimum atomic E-state index is -0.298. The zero-order valence-electron chi connectivity index (χ0n) is 13.5. The molecule has 23 heavy (non-hydrogen) atoms. The van der Waals surface area contributed by atoms with Gasteiger partial charge in [0, 0.05) is 5.56 Å². The summed E-state index contributed by atoms with van der Waals surface area (Å²) in [4.78, 5) is 12.2. The molecule has 2 rings (SSSR count). The van der Waals surface area contributed by atoms with Crippen LogP contribution in [0.15, 0.2) is 53.6 Å². The maximum atomic E-state index is 12.2. The first kappa shape index (κ1) is 16.5. The molecule has 1 amide bonds. The number of hydrazone groups is 1. The molecule has 0 aromatic heterocycles. The Morgan fingerprint density at radius 2 is 1.70 bits per heavy atom. The van der Waals surface area contributed by atoms with Gasteiger partial charge in [-0.25, -0.2) is 5.43 Å². The van der Waals surface area contributed by atoms with Crippen LogP contribution < -0.4 is 14.9 Å². The lowest BCUT2D eigenvalue weighted by Crippen LogP contribution is -2.20. The van der Waals surface area contributed by atoms with Crippen LogP contribution >= 0.6 is 0 Å². The molecule has 2 aromatic rings. The van der Waals surface area contributed by atoms with Crippen LogP contribution in [0.25, 0.3) is 0 Å². The summed E-state index contributed by atoms with van der Waals surface area (Å²) in [6.45, 7) is 1.99. The number of hydrogen-bond acceptors (Lipinski definition) is 4. The number of nitrogens with zero attached hydrogens (tertiary/aromatic N) is 1. The Morgan fingerprint density at radius 3 is 2.30 bits per heavy atom. The van der Waals surface area contributed by atoms with Crippen LogP contribution in [0.4, 0.5) is 0 Å². The number of benzene rings is 2. The molecule has 0 fully saturated rings. The molecule has 0 atom stereocenters. The largest absolute Gasteiger partial charge is 0.493 e. The molecule has 5 heteroatoms. The van der Waals surface area contributed by atoms with Crippen molar-refractivity contribution in [3.63, 3.8) is 0 Å². The second kappa shape index (κ2) is 7.98. The van der Waals surface area contributed by atoms with E-state index in [2.05, 4.69) is 10.5 Å². The van der Waals surface area contributed by atoms with Crippen LogP contribution in [0.5, 0.6) is 11.5 Å². The molecular weight excluding hydrogens is 292 g/mol. The zero-order chi connectivity index (χ0) is 16.7. The molecule has 5 nitrogen and oxygen atoms in total. The van der Waals surface area contributed by atoms with E-state index in [4.69, 9.17) is 9.47 Å². The van der Waals surface area contributed by atoms with Gasteiger partial charge in [-0.05, 0) is 30.2 Å². The lowest BCUT2D eigenvalue weighted by molar-refractivity contribution is 0.0954. The molecule has 0 aliphatic carbocycles. The number of carbonyl (C=O) groups excluding carboxylic acids is 1. The van der Waals surface area contributed by atoms with E-state index >= 15 is 0 Å². The Morgan fingerprint density at radius 1 is 1.00 bits per heavy atom. The van der Waals surface area contributed by atoms with E-state index in [0.29, 0.717) is 17.1 Å². The van der Waals surface area contributed by atoms with Gasteiger partial charge in [0.2, 0.25) is 0 Å². The summed E-state index contributed by atoms with van der Waals surface area (Å²) in [5.41, 5.74) is 4.85. The fraction of sp³-hybridized carbons (Fsp3) is 0.222. The molecule has 0 bridgehead atoms. The first-order valence-corrected chi connectivity index (χ1v) is 7.34. The summed E-state index contributed by atoms with van der Waals surface area (Å²) in [5.74, 6) is 0.779. The number of hydrogen-bond donors (Lipinski definition) is 1. The quantitative estimate of drug-likeness (QED) is 0.658. The van der Waals surface area contributed by atoms with Gasteiger partial charge in [-0.15, -0.1) is 0 Å². The molecule has 0 aliphatic heterocycles. The Labute approximate surface area is 135 Å². The highest BCUT2D eigenvalue weighted by molar-refractivity contribution is 6.02. The zero-order valence-corrected chi connectivity index (χ0v) is 13.5. The highest BCUT2D eigenvalue weighted by Crippen LogP contribution is 2.27. The second-order valence-electron chi connectivity index (χ2n) is 4.79.